The summed E-state index contributed by atoms with van der Waals surface area (Å²) in [5, 5.41) is 8.79. The second-order valence-corrected chi connectivity index (χ2v) is 5.61. The number of hydrogen-bond donors (Lipinski definition) is 1. The van der Waals surface area contributed by atoms with Crippen molar-refractivity contribution in [3.05, 3.63) is 0 Å². The summed E-state index contributed by atoms with van der Waals surface area (Å²) in [5.74, 6) is -1.26. The van der Waals surface area contributed by atoms with Crippen LogP contribution in [0, 0.1) is 5.41 Å². The van der Waals surface area contributed by atoms with Crippen LogP contribution < -0.4 is 0 Å². The molecule has 0 aromatic carbocycles. The van der Waals surface area contributed by atoms with Gasteiger partial charge in [0, 0.05) is 27.1 Å². The van der Waals surface area contributed by atoms with Gasteiger partial charge in [0.25, 0.3) is 0 Å². The molecule has 0 saturated heterocycles. The first-order valence-electron chi connectivity index (χ1n) is 6.28. The van der Waals surface area contributed by atoms with Crippen molar-refractivity contribution in [1.82, 2.24) is 9.80 Å². The summed E-state index contributed by atoms with van der Waals surface area (Å²) >= 11 is 0. The van der Waals surface area contributed by atoms with Crippen LogP contribution in [0.4, 0.5) is 0 Å². The molecule has 6 heteroatoms. The molecule has 0 aliphatic carbocycles. The van der Waals surface area contributed by atoms with Crippen molar-refractivity contribution >= 4 is 17.8 Å². The highest BCUT2D eigenvalue weighted by Gasteiger charge is 2.28. The van der Waals surface area contributed by atoms with Gasteiger partial charge in [-0.05, 0) is 12.3 Å². The van der Waals surface area contributed by atoms with Gasteiger partial charge in [-0.1, -0.05) is 13.8 Å². The smallest absolute Gasteiger partial charge is 0.303 e. The third kappa shape index (κ3) is 6.79. The van der Waals surface area contributed by atoms with Gasteiger partial charge in [0.1, 0.15) is 0 Å². The van der Waals surface area contributed by atoms with Crippen LogP contribution in [0.2, 0.25) is 0 Å². The summed E-state index contributed by atoms with van der Waals surface area (Å²) in [6.07, 6.45) is 0.0474. The minimum atomic E-state index is -0.926. The van der Waals surface area contributed by atoms with Crippen LogP contribution in [-0.2, 0) is 14.4 Å². The van der Waals surface area contributed by atoms with E-state index in [1.54, 1.807) is 34.9 Å². The molecule has 19 heavy (non-hydrogen) atoms. The molecule has 6 nitrogen and oxygen atoms in total. The zero-order valence-electron chi connectivity index (χ0n) is 12.4. The number of hydrogen-bond acceptors (Lipinski definition) is 3. The van der Waals surface area contributed by atoms with Crippen LogP contribution in [-0.4, -0.2) is 59.9 Å². The molecule has 0 fully saturated rings. The topological polar surface area (TPSA) is 77.9 Å². The van der Waals surface area contributed by atoms with E-state index in [1.165, 1.54) is 9.80 Å². The summed E-state index contributed by atoms with van der Waals surface area (Å²) in [5.41, 5.74) is -0.614. The van der Waals surface area contributed by atoms with Crippen LogP contribution in [0.5, 0.6) is 0 Å². The molecule has 0 heterocycles. The largest absolute Gasteiger partial charge is 0.481 e. The van der Waals surface area contributed by atoms with Gasteiger partial charge in [-0.15, -0.1) is 0 Å². The molecule has 0 aliphatic heterocycles. The van der Waals surface area contributed by atoms with Gasteiger partial charge in [0.2, 0.25) is 11.8 Å². The van der Waals surface area contributed by atoms with Crippen LogP contribution in [0.1, 0.15) is 33.6 Å². The van der Waals surface area contributed by atoms with Crippen molar-refractivity contribution in [3.8, 4) is 0 Å². The van der Waals surface area contributed by atoms with Crippen LogP contribution in [0.15, 0.2) is 0 Å². The van der Waals surface area contributed by atoms with Crippen molar-refractivity contribution < 1.29 is 19.5 Å². The Morgan fingerprint density at radius 2 is 1.58 bits per heavy atom. The van der Waals surface area contributed by atoms with E-state index in [-0.39, 0.29) is 31.2 Å². The molecule has 0 unspecified atom stereocenters. The zero-order valence-corrected chi connectivity index (χ0v) is 12.4. The SMILES string of the molecule is CCN(CC(=O)N(C)C)C(=O)CC(C)(C)CC(=O)O. The van der Waals surface area contributed by atoms with Gasteiger partial charge in [-0.3, -0.25) is 14.4 Å². The molecule has 0 saturated carbocycles. The minimum absolute atomic E-state index is 0.0332. The Labute approximate surface area is 114 Å². The number of carboxylic acids is 1. The summed E-state index contributed by atoms with van der Waals surface area (Å²) in [6, 6.07) is 0. The lowest BCUT2D eigenvalue weighted by Gasteiger charge is -2.27. The number of likely N-dealkylation sites (N-methyl/N-ethyl adjacent to an activating group) is 2. The maximum atomic E-state index is 12.1. The van der Waals surface area contributed by atoms with Crippen molar-refractivity contribution in [2.75, 3.05) is 27.2 Å². The number of rotatable bonds is 7. The lowest BCUT2D eigenvalue weighted by molar-refractivity contribution is -0.143. The second-order valence-electron chi connectivity index (χ2n) is 5.61. The Bertz CT molecular complexity index is 351. The van der Waals surface area contributed by atoms with Crippen LogP contribution in [0.25, 0.3) is 0 Å². The molecular formula is C13H24N2O4. The molecule has 110 valence electrons. The molecule has 0 bridgehead atoms. The number of carboxylic acid groups (broad SMARTS) is 1. The van der Waals surface area contributed by atoms with E-state index < -0.39 is 11.4 Å². The van der Waals surface area contributed by atoms with Gasteiger partial charge in [0.15, 0.2) is 0 Å². The van der Waals surface area contributed by atoms with E-state index >= 15 is 0 Å². The predicted octanol–water partition coefficient (Wildman–Crippen LogP) is 0.814. The van der Waals surface area contributed by atoms with Gasteiger partial charge in [-0.25, -0.2) is 0 Å². The molecule has 0 rings (SSSR count). The van der Waals surface area contributed by atoms with Gasteiger partial charge < -0.3 is 14.9 Å². The molecule has 2 amide bonds. The molecule has 0 radical (unpaired) electrons. The van der Waals surface area contributed by atoms with Gasteiger partial charge >= 0.3 is 5.97 Å². The predicted molar refractivity (Wildman–Crippen MR) is 71.6 cm³/mol. The van der Waals surface area contributed by atoms with Crippen LogP contribution >= 0.6 is 0 Å². The standard InChI is InChI=1S/C13H24N2O4/c1-6-15(9-11(17)14(4)5)10(16)7-13(2,3)8-12(18)19/h6-9H2,1-5H3,(H,18,19). The average molecular weight is 272 g/mol. The van der Waals surface area contributed by atoms with Crippen molar-refractivity contribution in [2.24, 2.45) is 5.41 Å². The van der Waals surface area contributed by atoms with E-state index in [9.17, 15) is 14.4 Å². The van der Waals surface area contributed by atoms with Gasteiger partial charge in [0.05, 0.1) is 13.0 Å². The molecule has 0 spiro atoms. The molecule has 0 aromatic rings. The van der Waals surface area contributed by atoms with Crippen LogP contribution in [0.3, 0.4) is 0 Å². The Morgan fingerprint density at radius 3 is 1.95 bits per heavy atom. The number of carbonyl (C=O) groups excluding carboxylic acids is 2. The lowest BCUT2D eigenvalue weighted by Crippen LogP contribution is -2.41. The fourth-order valence-corrected chi connectivity index (χ4v) is 1.67. The third-order valence-electron chi connectivity index (χ3n) is 2.82. The normalized spacial score (nSPS) is 11.0. The van der Waals surface area contributed by atoms with Gasteiger partial charge in [-0.2, -0.15) is 0 Å². The lowest BCUT2D eigenvalue weighted by atomic mass is 9.85. The molecule has 0 aromatic heterocycles. The Morgan fingerprint density at radius 1 is 1.05 bits per heavy atom. The Hall–Kier alpha value is -1.59. The Kier molecular flexibility index (Phi) is 6.52. The van der Waals surface area contributed by atoms with E-state index in [0.29, 0.717) is 6.54 Å². The first-order chi connectivity index (χ1) is 8.59. The number of nitrogens with zero attached hydrogens (tertiary/aromatic N) is 2. The van der Waals surface area contributed by atoms with E-state index in [0.717, 1.165) is 0 Å². The average Bonchev–Trinajstić information content (AvgIpc) is 2.22. The summed E-state index contributed by atoms with van der Waals surface area (Å²) < 4.78 is 0. The summed E-state index contributed by atoms with van der Waals surface area (Å²) in [7, 11) is 3.27. The maximum absolute atomic E-state index is 12.1. The minimum Gasteiger partial charge on any atom is -0.481 e. The molecule has 0 atom stereocenters. The molecular weight excluding hydrogens is 248 g/mol. The van der Waals surface area contributed by atoms with Crippen molar-refractivity contribution in [2.45, 2.75) is 33.6 Å². The fourth-order valence-electron chi connectivity index (χ4n) is 1.67. The second kappa shape index (κ2) is 7.11. The van der Waals surface area contributed by atoms with Crippen molar-refractivity contribution in [3.63, 3.8) is 0 Å². The fraction of sp³-hybridized carbons (Fsp3) is 0.769. The molecule has 0 aliphatic rings. The zero-order chi connectivity index (χ0) is 15.2. The highest BCUT2D eigenvalue weighted by molar-refractivity contribution is 5.85. The number of aliphatic carboxylic acids is 1. The summed E-state index contributed by atoms with van der Waals surface area (Å²) in [4.78, 5) is 37.3. The summed E-state index contributed by atoms with van der Waals surface area (Å²) in [6.45, 7) is 5.74. The monoisotopic (exact) mass is 272 g/mol. The third-order valence-corrected chi connectivity index (χ3v) is 2.82. The Balaban J connectivity index is 4.60. The van der Waals surface area contributed by atoms with E-state index in [1.807, 2.05) is 0 Å². The quantitative estimate of drug-likeness (QED) is 0.744. The highest BCUT2D eigenvalue weighted by atomic mass is 16.4. The highest BCUT2D eigenvalue weighted by Crippen LogP contribution is 2.25. The maximum Gasteiger partial charge on any atom is 0.303 e. The van der Waals surface area contributed by atoms with E-state index in [2.05, 4.69) is 0 Å². The first kappa shape index (κ1) is 17.4. The van der Waals surface area contributed by atoms with E-state index in [4.69, 9.17) is 5.11 Å². The molecule has 1 N–H and O–H groups in total. The van der Waals surface area contributed by atoms with Crippen molar-refractivity contribution in [1.29, 1.82) is 0 Å². The first-order valence-corrected chi connectivity index (χ1v) is 6.28. The number of carbonyl (C=O) groups is 3. The number of amides is 2.